The molecule has 1 atom stereocenters. The van der Waals surface area contributed by atoms with Gasteiger partial charge < -0.3 is 10.1 Å². The first-order valence-electron chi connectivity index (χ1n) is 6.59. The lowest BCUT2D eigenvalue weighted by atomic mass is 9.89. The number of amides is 1. The zero-order chi connectivity index (χ0) is 13.3. The Morgan fingerprint density at radius 2 is 2.37 bits per heavy atom. The minimum Gasteiger partial charge on any atom is -0.447 e. The fourth-order valence-electron chi connectivity index (χ4n) is 2.90. The SMILES string of the molecule is O=C1OCC2(CCCNC2)N1Cc1cccc(F)c1. The number of nitrogens with one attached hydrogen (secondary N) is 1. The molecule has 2 aliphatic heterocycles. The van der Waals surface area contributed by atoms with Gasteiger partial charge in [-0.1, -0.05) is 12.1 Å². The molecule has 3 rings (SSSR count). The van der Waals surface area contributed by atoms with E-state index in [1.165, 1.54) is 12.1 Å². The number of rotatable bonds is 2. The summed E-state index contributed by atoms with van der Waals surface area (Å²) in [4.78, 5) is 13.7. The van der Waals surface area contributed by atoms with Gasteiger partial charge in [-0.15, -0.1) is 0 Å². The third-order valence-corrected chi connectivity index (χ3v) is 3.94. The minimum absolute atomic E-state index is 0.262. The molecule has 2 fully saturated rings. The lowest BCUT2D eigenvalue weighted by Crippen LogP contribution is -2.56. The lowest BCUT2D eigenvalue weighted by molar-refractivity contribution is 0.124. The maximum absolute atomic E-state index is 13.2. The highest BCUT2D eigenvalue weighted by Crippen LogP contribution is 2.32. The van der Waals surface area contributed by atoms with Crippen molar-refractivity contribution in [2.45, 2.75) is 24.9 Å². The van der Waals surface area contributed by atoms with Gasteiger partial charge in [0.2, 0.25) is 0 Å². The molecule has 1 aromatic rings. The van der Waals surface area contributed by atoms with E-state index in [0.717, 1.165) is 31.5 Å². The number of carbonyl (C=O) groups excluding carboxylic acids is 1. The van der Waals surface area contributed by atoms with Crippen molar-refractivity contribution in [1.29, 1.82) is 0 Å². The summed E-state index contributed by atoms with van der Waals surface area (Å²) in [7, 11) is 0. The molecule has 0 saturated carbocycles. The van der Waals surface area contributed by atoms with Gasteiger partial charge in [-0.2, -0.15) is 0 Å². The summed E-state index contributed by atoms with van der Waals surface area (Å²) >= 11 is 0. The van der Waals surface area contributed by atoms with Crippen LogP contribution in [0.1, 0.15) is 18.4 Å². The number of hydrogen-bond acceptors (Lipinski definition) is 3. The van der Waals surface area contributed by atoms with Crippen molar-refractivity contribution >= 4 is 6.09 Å². The van der Waals surface area contributed by atoms with Gasteiger partial charge in [-0.05, 0) is 37.1 Å². The van der Waals surface area contributed by atoms with Crippen LogP contribution >= 0.6 is 0 Å². The van der Waals surface area contributed by atoms with Crippen LogP contribution in [0.2, 0.25) is 0 Å². The van der Waals surface area contributed by atoms with Crippen LogP contribution in [0.3, 0.4) is 0 Å². The van der Waals surface area contributed by atoms with E-state index in [4.69, 9.17) is 4.74 Å². The maximum atomic E-state index is 13.2. The summed E-state index contributed by atoms with van der Waals surface area (Å²) in [6.07, 6.45) is 1.66. The molecular formula is C14H17FN2O2. The van der Waals surface area contributed by atoms with Crippen LogP contribution < -0.4 is 5.32 Å². The number of hydrogen-bond donors (Lipinski definition) is 1. The van der Waals surface area contributed by atoms with E-state index in [0.29, 0.717) is 13.2 Å². The van der Waals surface area contributed by atoms with Crippen molar-refractivity contribution in [1.82, 2.24) is 10.2 Å². The number of nitrogens with zero attached hydrogens (tertiary/aromatic N) is 1. The molecule has 4 nitrogen and oxygen atoms in total. The predicted octanol–water partition coefficient (Wildman–Crippen LogP) is 1.90. The summed E-state index contributed by atoms with van der Waals surface area (Å²) in [5.74, 6) is -0.277. The second-order valence-corrected chi connectivity index (χ2v) is 5.28. The molecule has 1 unspecified atom stereocenters. The number of piperidine rings is 1. The molecule has 2 aliphatic rings. The molecule has 2 heterocycles. The van der Waals surface area contributed by atoms with Crippen LogP contribution in [-0.2, 0) is 11.3 Å². The van der Waals surface area contributed by atoms with Gasteiger partial charge in [-0.25, -0.2) is 9.18 Å². The first-order valence-corrected chi connectivity index (χ1v) is 6.59. The molecular weight excluding hydrogens is 247 g/mol. The highest BCUT2D eigenvalue weighted by atomic mass is 19.1. The smallest absolute Gasteiger partial charge is 0.410 e. The lowest BCUT2D eigenvalue weighted by Gasteiger charge is -2.38. The molecule has 2 saturated heterocycles. The largest absolute Gasteiger partial charge is 0.447 e. The normalized spacial score (nSPS) is 26.8. The molecule has 1 spiro atoms. The van der Waals surface area contributed by atoms with E-state index in [9.17, 15) is 9.18 Å². The summed E-state index contributed by atoms with van der Waals surface area (Å²) in [5, 5.41) is 3.32. The third kappa shape index (κ3) is 2.30. The van der Waals surface area contributed by atoms with E-state index in [1.54, 1.807) is 11.0 Å². The maximum Gasteiger partial charge on any atom is 0.410 e. The second-order valence-electron chi connectivity index (χ2n) is 5.28. The number of halogens is 1. The van der Waals surface area contributed by atoms with Crippen molar-refractivity contribution in [3.05, 3.63) is 35.6 Å². The topological polar surface area (TPSA) is 41.6 Å². The molecule has 1 aromatic carbocycles. The average Bonchev–Trinajstić information content (AvgIpc) is 2.69. The van der Waals surface area contributed by atoms with Crippen molar-refractivity contribution in [3.8, 4) is 0 Å². The van der Waals surface area contributed by atoms with Crippen LogP contribution in [0, 0.1) is 5.82 Å². The van der Waals surface area contributed by atoms with E-state index < -0.39 is 0 Å². The molecule has 5 heteroatoms. The zero-order valence-corrected chi connectivity index (χ0v) is 10.7. The van der Waals surface area contributed by atoms with Gasteiger partial charge in [-0.3, -0.25) is 4.90 Å². The number of ether oxygens (including phenoxy) is 1. The van der Waals surface area contributed by atoms with Gasteiger partial charge in [0.1, 0.15) is 12.4 Å². The molecule has 0 aliphatic carbocycles. The minimum atomic E-state index is -0.298. The molecule has 1 amide bonds. The average molecular weight is 264 g/mol. The third-order valence-electron chi connectivity index (χ3n) is 3.94. The summed E-state index contributed by atoms with van der Waals surface area (Å²) in [5.41, 5.74) is 0.533. The Kier molecular flexibility index (Phi) is 3.14. The molecule has 19 heavy (non-hydrogen) atoms. The summed E-state index contributed by atoms with van der Waals surface area (Å²) in [6.45, 7) is 2.55. The van der Waals surface area contributed by atoms with Crippen molar-refractivity contribution < 1.29 is 13.9 Å². The molecule has 0 radical (unpaired) electrons. The van der Waals surface area contributed by atoms with E-state index in [-0.39, 0.29) is 17.4 Å². The Hall–Kier alpha value is -1.62. The second kappa shape index (κ2) is 4.81. The van der Waals surface area contributed by atoms with Crippen LogP contribution in [-0.4, -0.2) is 36.2 Å². The van der Waals surface area contributed by atoms with Crippen molar-refractivity contribution in [3.63, 3.8) is 0 Å². The zero-order valence-electron chi connectivity index (χ0n) is 10.7. The molecule has 102 valence electrons. The van der Waals surface area contributed by atoms with Gasteiger partial charge in [0, 0.05) is 13.1 Å². The van der Waals surface area contributed by atoms with Crippen LogP contribution in [0.15, 0.2) is 24.3 Å². The Morgan fingerprint density at radius 1 is 1.47 bits per heavy atom. The van der Waals surface area contributed by atoms with Crippen LogP contribution in [0.4, 0.5) is 9.18 Å². The van der Waals surface area contributed by atoms with E-state index >= 15 is 0 Å². The van der Waals surface area contributed by atoms with Gasteiger partial charge >= 0.3 is 6.09 Å². The first-order chi connectivity index (χ1) is 9.20. The highest BCUT2D eigenvalue weighted by Gasteiger charge is 2.47. The van der Waals surface area contributed by atoms with E-state index in [1.807, 2.05) is 6.07 Å². The Morgan fingerprint density at radius 3 is 3.11 bits per heavy atom. The summed E-state index contributed by atoms with van der Waals surface area (Å²) in [6, 6.07) is 6.37. The fraction of sp³-hybridized carbons (Fsp3) is 0.500. The predicted molar refractivity (Wildman–Crippen MR) is 68.1 cm³/mol. The van der Waals surface area contributed by atoms with Gasteiger partial charge in [0.25, 0.3) is 0 Å². The van der Waals surface area contributed by atoms with Crippen LogP contribution in [0.5, 0.6) is 0 Å². The quantitative estimate of drug-likeness (QED) is 0.887. The number of benzene rings is 1. The van der Waals surface area contributed by atoms with E-state index in [2.05, 4.69) is 5.32 Å². The number of carbonyl (C=O) groups is 1. The number of cyclic esters (lactones) is 1. The Bertz CT molecular complexity index is 486. The monoisotopic (exact) mass is 264 g/mol. The molecule has 0 aromatic heterocycles. The molecule has 0 bridgehead atoms. The van der Waals surface area contributed by atoms with Gasteiger partial charge in [0.15, 0.2) is 0 Å². The highest BCUT2D eigenvalue weighted by molar-refractivity contribution is 5.71. The van der Waals surface area contributed by atoms with Crippen molar-refractivity contribution in [2.24, 2.45) is 0 Å². The first kappa shape index (κ1) is 12.4. The summed E-state index contributed by atoms with van der Waals surface area (Å²) < 4.78 is 18.4. The Labute approximate surface area is 111 Å². The van der Waals surface area contributed by atoms with Gasteiger partial charge in [0.05, 0.1) is 5.54 Å². The van der Waals surface area contributed by atoms with Crippen molar-refractivity contribution in [2.75, 3.05) is 19.7 Å². The standard InChI is InChI=1S/C14H17FN2O2/c15-12-4-1-3-11(7-12)8-17-13(18)19-10-14(17)5-2-6-16-9-14/h1,3-4,7,16H,2,5-6,8-10H2. The molecule has 1 N–H and O–H groups in total. The van der Waals surface area contributed by atoms with Crippen LogP contribution in [0.25, 0.3) is 0 Å². The fourth-order valence-corrected chi connectivity index (χ4v) is 2.90. The Balaban J connectivity index is 1.82.